The third-order valence-electron chi connectivity index (χ3n) is 2.28. The van der Waals surface area contributed by atoms with Crippen molar-refractivity contribution in [3.05, 3.63) is 27.7 Å². The van der Waals surface area contributed by atoms with E-state index in [1.54, 1.807) is 20.8 Å². The highest BCUT2D eigenvalue weighted by molar-refractivity contribution is 7.89. The van der Waals surface area contributed by atoms with Crippen LogP contribution in [-0.4, -0.2) is 20.5 Å². The normalized spacial score (nSPS) is 12.1. The van der Waals surface area contributed by atoms with Crippen LogP contribution in [0.4, 0.5) is 0 Å². The molecule has 0 aromatic heterocycles. The predicted molar refractivity (Wildman–Crippen MR) is 81.9 cm³/mol. The SMILES string of the molecule is Cc1c(Cl)cc(S(=O)(=O)NCC(C)(C)N)cc1Cl.Cl. The minimum Gasteiger partial charge on any atom is -0.324 e. The van der Waals surface area contributed by atoms with Crippen LogP contribution in [0.2, 0.25) is 10.0 Å². The molecular weight excluding hydrogens is 331 g/mol. The summed E-state index contributed by atoms with van der Waals surface area (Å²) in [6.07, 6.45) is 0. The van der Waals surface area contributed by atoms with E-state index in [4.69, 9.17) is 28.9 Å². The van der Waals surface area contributed by atoms with E-state index in [1.807, 2.05) is 0 Å². The number of hydrogen-bond acceptors (Lipinski definition) is 3. The van der Waals surface area contributed by atoms with Gasteiger partial charge in [0, 0.05) is 22.1 Å². The van der Waals surface area contributed by atoms with Crippen LogP contribution in [-0.2, 0) is 10.0 Å². The van der Waals surface area contributed by atoms with Gasteiger partial charge in [-0.3, -0.25) is 0 Å². The van der Waals surface area contributed by atoms with Crippen LogP contribution in [0.15, 0.2) is 17.0 Å². The maximum Gasteiger partial charge on any atom is 0.240 e. The Morgan fingerprint density at radius 2 is 1.68 bits per heavy atom. The Kier molecular flexibility index (Phi) is 6.59. The van der Waals surface area contributed by atoms with Crippen LogP contribution in [0.5, 0.6) is 0 Å². The zero-order valence-electron chi connectivity index (χ0n) is 10.8. The van der Waals surface area contributed by atoms with Gasteiger partial charge < -0.3 is 5.73 Å². The summed E-state index contributed by atoms with van der Waals surface area (Å²) in [5, 5.41) is 0.629. The summed E-state index contributed by atoms with van der Waals surface area (Å²) in [4.78, 5) is 0.0346. The highest BCUT2D eigenvalue weighted by Crippen LogP contribution is 2.27. The number of nitrogens with one attached hydrogen (secondary N) is 1. The van der Waals surface area contributed by atoms with Crippen molar-refractivity contribution in [2.24, 2.45) is 5.73 Å². The molecule has 0 atom stereocenters. The van der Waals surface area contributed by atoms with Gasteiger partial charge in [-0.1, -0.05) is 23.2 Å². The summed E-state index contributed by atoms with van der Waals surface area (Å²) in [7, 11) is -3.65. The largest absolute Gasteiger partial charge is 0.324 e. The molecule has 8 heteroatoms. The number of benzene rings is 1. The first-order valence-corrected chi connectivity index (χ1v) is 7.51. The predicted octanol–water partition coefficient (Wildman–Crippen LogP) is 2.74. The van der Waals surface area contributed by atoms with Crippen molar-refractivity contribution in [3.8, 4) is 0 Å². The summed E-state index contributed by atoms with van der Waals surface area (Å²) in [5.74, 6) is 0. The molecule has 0 heterocycles. The molecule has 0 aliphatic carbocycles. The van der Waals surface area contributed by atoms with Crippen LogP contribution < -0.4 is 10.5 Å². The summed E-state index contributed by atoms with van der Waals surface area (Å²) in [5.41, 5.74) is 5.74. The molecule has 19 heavy (non-hydrogen) atoms. The molecule has 110 valence electrons. The van der Waals surface area contributed by atoms with Gasteiger partial charge in [-0.05, 0) is 38.5 Å². The molecule has 1 aromatic rings. The van der Waals surface area contributed by atoms with Crippen LogP contribution >= 0.6 is 35.6 Å². The van der Waals surface area contributed by atoms with Crippen LogP contribution in [0, 0.1) is 6.92 Å². The Balaban J connectivity index is 0.00000324. The molecule has 0 spiro atoms. The Morgan fingerprint density at radius 3 is 2.05 bits per heavy atom. The van der Waals surface area contributed by atoms with Gasteiger partial charge in [0.2, 0.25) is 10.0 Å². The first kappa shape index (κ1) is 19.0. The fourth-order valence-corrected chi connectivity index (χ4v) is 3.03. The third-order valence-corrected chi connectivity index (χ3v) is 4.45. The minimum absolute atomic E-state index is 0. The first-order valence-electron chi connectivity index (χ1n) is 5.27. The molecule has 1 rings (SSSR count). The average Bonchev–Trinajstić information content (AvgIpc) is 2.21. The van der Waals surface area contributed by atoms with Crippen LogP contribution in [0.25, 0.3) is 0 Å². The fraction of sp³-hybridized carbons (Fsp3) is 0.455. The number of rotatable bonds is 4. The average molecular weight is 348 g/mol. The lowest BCUT2D eigenvalue weighted by atomic mass is 10.1. The van der Waals surface area contributed by atoms with Crippen molar-refractivity contribution in [1.29, 1.82) is 0 Å². The molecule has 1 aromatic carbocycles. The molecule has 0 fully saturated rings. The number of hydrogen-bond donors (Lipinski definition) is 2. The highest BCUT2D eigenvalue weighted by atomic mass is 35.5. The maximum absolute atomic E-state index is 12.0. The zero-order chi connectivity index (χ0) is 14.1. The zero-order valence-corrected chi connectivity index (χ0v) is 14.0. The van der Waals surface area contributed by atoms with E-state index in [0.717, 1.165) is 0 Å². The minimum atomic E-state index is -3.65. The van der Waals surface area contributed by atoms with Gasteiger partial charge in [-0.15, -0.1) is 12.4 Å². The second-order valence-electron chi connectivity index (χ2n) is 4.83. The van der Waals surface area contributed by atoms with Crippen molar-refractivity contribution in [3.63, 3.8) is 0 Å². The van der Waals surface area contributed by atoms with Gasteiger partial charge in [0.1, 0.15) is 0 Å². The van der Waals surface area contributed by atoms with E-state index in [1.165, 1.54) is 12.1 Å². The molecule has 0 saturated heterocycles. The van der Waals surface area contributed by atoms with Gasteiger partial charge in [-0.25, -0.2) is 13.1 Å². The van der Waals surface area contributed by atoms with E-state index in [9.17, 15) is 8.42 Å². The molecule has 0 aliphatic rings. The lowest BCUT2D eigenvalue weighted by Crippen LogP contribution is -2.45. The molecule has 0 radical (unpaired) electrons. The highest BCUT2D eigenvalue weighted by Gasteiger charge is 2.20. The Labute approximate surface area is 130 Å². The molecular formula is C11H17Cl3N2O2S. The van der Waals surface area contributed by atoms with E-state index < -0.39 is 15.6 Å². The second kappa shape index (κ2) is 6.61. The molecule has 3 N–H and O–H groups in total. The Bertz CT molecular complexity index is 531. The fourth-order valence-electron chi connectivity index (χ4n) is 1.14. The van der Waals surface area contributed by atoms with Gasteiger partial charge >= 0.3 is 0 Å². The smallest absolute Gasteiger partial charge is 0.240 e. The first-order chi connectivity index (χ1) is 8.03. The van der Waals surface area contributed by atoms with Crippen molar-refractivity contribution in [2.45, 2.75) is 31.2 Å². The molecule has 4 nitrogen and oxygen atoms in total. The molecule has 0 unspecified atom stereocenters. The van der Waals surface area contributed by atoms with E-state index in [2.05, 4.69) is 4.72 Å². The van der Waals surface area contributed by atoms with Gasteiger partial charge in [-0.2, -0.15) is 0 Å². The number of halogens is 3. The quantitative estimate of drug-likeness (QED) is 0.879. The Hall–Kier alpha value is -0.0400. The third kappa shape index (κ3) is 5.45. The van der Waals surface area contributed by atoms with Crippen LogP contribution in [0.3, 0.4) is 0 Å². The summed E-state index contributed by atoms with van der Waals surface area (Å²) in [6.45, 7) is 5.30. The topological polar surface area (TPSA) is 72.2 Å². The van der Waals surface area contributed by atoms with Crippen molar-refractivity contribution < 1.29 is 8.42 Å². The Morgan fingerprint density at radius 1 is 1.26 bits per heavy atom. The van der Waals surface area contributed by atoms with E-state index in [-0.39, 0.29) is 23.8 Å². The monoisotopic (exact) mass is 346 g/mol. The van der Waals surface area contributed by atoms with Gasteiger partial charge in [0.05, 0.1) is 4.90 Å². The number of sulfonamides is 1. The van der Waals surface area contributed by atoms with E-state index >= 15 is 0 Å². The molecule has 0 saturated carbocycles. The second-order valence-corrected chi connectivity index (χ2v) is 7.41. The van der Waals surface area contributed by atoms with E-state index in [0.29, 0.717) is 15.6 Å². The summed E-state index contributed by atoms with van der Waals surface area (Å²) < 4.78 is 26.4. The molecule has 0 aliphatic heterocycles. The number of nitrogens with two attached hydrogens (primary N) is 1. The van der Waals surface area contributed by atoms with Gasteiger partial charge in [0.15, 0.2) is 0 Å². The van der Waals surface area contributed by atoms with Gasteiger partial charge in [0.25, 0.3) is 0 Å². The maximum atomic E-state index is 12.0. The van der Waals surface area contributed by atoms with Crippen molar-refractivity contribution in [1.82, 2.24) is 4.72 Å². The van der Waals surface area contributed by atoms with Crippen molar-refractivity contribution >= 4 is 45.6 Å². The summed E-state index contributed by atoms with van der Waals surface area (Å²) in [6, 6.07) is 2.74. The van der Waals surface area contributed by atoms with Crippen LogP contribution in [0.1, 0.15) is 19.4 Å². The molecule has 0 amide bonds. The lowest BCUT2D eigenvalue weighted by molar-refractivity contribution is 0.498. The molecule has 0 bridgehead atoms. The van der Waals surface area contributed by atoms with Crippen molar-refractivity contribution in [2.75, 3.05) is 6.54 Å². The lowest BCUT2D eigenvalue weighted by Gasteiger charge is -2.19. The standard InChI is InChI=1S/C11H16Cl2N2O2S.ClH/c1-7-9(12)4-8(5-10(7)13)18(16,17)15-6-11(2,3)14;/h4-5,15H,6,14H2,1-3H3;1H. The summed E-state index contributed by atoms with van der Waals surface area (Å²) >= 11 is 11.8.